The summed E-state index contributed by atoms with van der Waals surface area (Å²) in [6.45, 7) is 0. The first-order valence-electron chi connectivity index (χ1n) is 4.89. The van der Waals surface area contributed by atoms with Crippen molar-refractivity contribution in [3.8, 4) is 11.1 Å². The van der Waals surface area contributed by atoms with Crippen LogP contribution < -0.4 is 22.9 Å². The van der Waals surface area contributed by atoms with Crippen molar-refractivity contribution in [2.75, 3.05) is 22.9 Å². The lowest BCUT2D eigenvalue weighted by Crippen LogP contribution is -2.01. The minimum absolute atomic E-state index is 0. The quantitative estimate of drug-likeness (QED) is 0.473. The molecule has 0 aromatic heterocycles. The minimum atomic E-state index is 0. The van der Waals surface area contributed by atoms with Gasteiger partial charge in [0.05, 0.1) is 17.1 Å². The van der Waals surface area contributed by atoms with Crippen LogP contribution in [0.2, 0.25) is 0 Å². The highest BCUT2D eigenvalue weighted by Crippen LogP contribution is 2.33. The molecule has 0 radical (unpaired) electrons. The highest BCUT2D eigenvalue weighted by atomic mass is 35.5. The number of hydrogen-bond donors (Lipinski definition) is 4. The van der Waals surface area contributed by atoms with Gasteiger partial charge in [0.25, 0.3) is 0 Å². The van der Waals surface area contributed by atoms with Crippen LogP contribution in [0.1, 0.15) is 0 Å². The van der Waals surface area contributed by atoms with Crippen LogP contribution in [0.25, 0.3) is 11.1 Å². The summed E-state index contributed by atoms with van der Waals surface area (Å²) in [7, 11) is 0. The zero-order valence-corrected chi connectivity index (χ0v) is 12.0. The Morgan fingerprint density at radius 3 is 1.52 bits per heavy atom. The van der Waals surface area contributed by atoms with Gasteiger partial charge in [-0.25, -0.2) is 0 Å². The standard InChI is InChI=1S/C12H14N4.ClH.4H2O/c13-8-3-1-7(2-4-8)9-5-6-10(14)12(16)11(9)15;;;;;/h1-6H,13-16H2;1H;4*1H2. The van der Waals surface area contributed by atoms with Gasteiger partial charge in [-0.2, -0.15) is 0 Å². The van der Waals surface area contributed by atoms with Crippen molar-refractivity contribution < 1.29 is 21.9 Å². The fourth-order valence-corrected chi connectivity index (χ4v) is 1.57. The molecule has 122 valence electrons. The van der Waals surface area contributed by atoms with Gasteiger partial charge in [-0.3, -0.25) is 0 Å². The van der Waals surface area contributed by atoms with Crippen LogP contribution in [0.3, 0.4) is 0 Å². The average molecular weight is 323 g/mol. The van der Waals surface area contributed by atoms with Gasteiger partial charge in [0.1, 0.15) is 0 Å². The molecular formula is C12H23ClN4O4. The molecule has 21 heavy (non-hydrogen) atoms. The summed E-state index contributed by atoms with van der Waals surface area (Å²) >= 11 is 0. The van der Waals surface area contributed by atoms with E-state index in [4.69, 9.17) is 22.9 Å². The first kappa shape index (κ1) is 27.2. The van der Waals surface area contributed by atoms with Gasteiger partial charge in [-0.15, -0.1) is 12.4 Å². The Labute approximate surface area is 128 Å². The number of anilines is 4. The Kier molecular flexibility index (Phi) is 13.6. The van der Waals surface area contributed by atoms with E-state index in [2.05, 4.69) is 0 Å². The fraction of sp³-hybridized carbons (Fsp3) is 0. The molecule has 0 saturated heterocycles. The third-order valence-electron chi connectivity index (χ3n) is 2.54. The van der Waals surface area contributed by atoms with E-state index in [1.807, 2.05) is 30.3 Å². The van der Waals surface area contributed by atoms with Crippen molar-refractivity contribution in [2.45, 2.75) is 0 Å². The van der Waals surface area contributed by atoms with E-state index in [9.17, 15) is 0 Å². The third-order valence-corrected chi connectivity index (χ3v) is 2.54. The molecule has 0 aliphatic heterocycles. The summed E-state index contributed by atoms with van der Waals surface area (Å²) in [6.07, 6.45) is 0. The van der Waals surface area contributed by atoms with Gasteiger partial charge < -0.3 is 44.8 Å². The lowest BCUT2D eigenvalue weighted by Gasteiger charge is -2.10. The topological polar surface area (TPSA) is 230 Å². The van der Waals surface area contributed by atoms with Gasteiger partial charge in [-0.05, 0) is 23.8 Å². The predicted octanol–water partition coefficient (Wildman–Crippen LogP) is -1.19. The maximum atomic E-state index is 5.92. The van der Waals surface area contributed by atoms with Crippen molar-refractivity contribution in [3.63, 3.8) is 0 Å². The van der Waals surface area contributed by atoms with Crippen molar-refractivity contribution in [1.29, 1.82) is 0 Å². The first-order chi connectivity index (χ1) is 7.59. The fourth-order valence-electron chi connectivity index (χ4n) is 1.57. The average Bonchev–Trinajstić information content (AvgIpc) is 2.28. The molecule has 0 spiro atoms. The van der Waals surface area contributed by atoms with Crippen LogP contribution in [-0.4, -0.2) is 21.9 Å². The molecule has 0 aliphatic carbocycles. The molecule has 0 amide bonds. The second-order valence-electron chi connectivity index (χ2n) is 3.65. The van der Waals surface area contributed by atoms with E-state index in [1.54, 1.807) is 6.07 Å². The summed E-state index contributed by atoms with van der Waals surface area (Å²) in [4.78, 5) is 0. The van der Waals surface area contributed by atoms with Crippen molar-refractivity contribution in [1.82, 2.24) is 0 Å². The Morgan fingerprint density at radius 2 is 1.05 bits per heavy atom. The number of nitrogens with two attached hydrogens (primary N) is 4. The van der Waals surface area contributed by atoms with Crippen LogP contribution in [0.4, 0.5) is 22.7 Å². The monoisotopic (exact) mass is 322 g/mol. The summed E-state index contributed by atoms with van der Waals surface area (Å²) < 4.78 is 0. The second kappa shape index (κ2) is 10.5. The summed E-state index contributed by atoms with van der Waals surface area (Å²) in [6, 6.07) is 11.0. The van der Waals surface area contributed by atoms with E-state index in [0.29, 0.717) is 22.7 Å². The lowest BCUT2D eigenvalue weighted by molar-refractivity contribution is 0.823. The smallest absolute Gasteiger partial charge is 0.0787 e. The lowest BCUT2D eigenvalue weighted by atomic mass is 10.0. The van der Waals surface area contributed by atoms with Crippen molar-refractivity contribution >= 4 is 35.2 Å². The molecule has 0 heterocycles. The molecular weight excluding hydrogens is 300 g/mol. The molecule has 2 rings (SSSR count). The molecule has 16 N–H and O–H groups in total. The van der Waals surface area contributed by atoms with E-state index in [0.717, 1.165) is 11.1 Å². The van der Waals surface area contributed by atoms with Crippen LogP contribution in [0.15, 0.2) is 36.4 Å². The minimum Gasteiger partial charge on any atom is -0.412 e. The molecule has 2 aromatic carbocycles. The van der Waals surface area contributed by atoms with Gasteiger partial charge in [0, 0.05) is 11.3 Å². The number of nitrogen functional groups attached to an aromatic ring is 4. The Balaban J connectivity index is -0.000000289. The maximum absolute atomic E-state index is 5.92. The Hall–Kier alpha value is -2.23. The highest BCUT2D eigenvalue weighted by molar-refractivity contribution is 5.90. The van der Waals surface area contributed by atoms with Gasteiger partial charge >= 0.3 is 0 Å². The number of rotatable bonds is 1. The van der Waals surface area contributed by atoms with Crippen LogP contribution in [0.5, 0.6) is 0 Å². The molecule has 0 bridgehead atoms. The zero-order chi connectivity index (χ0) is 11.7. The van der Waals surface area contributed by atoms with Gasteiger partial charge in [0.2, 0.25) is 0 Å². The van der Waals surface area contributed by atoms with Crippen LogP contribution >= 0.6 is 12.4 Å². The molecule has 9 heteroatoms. The molecule has 0 aliphatic rings. The summed E-state index contributed by atoms with van der Waals surface area (Å²) in [5.74, 6) is 0. The molecule has 2 aromatic rings. The Morgan fingerprint density at radius 1 is 0.571 bits per heavy atom. The molecule has 0 fully saturated rings. The Bertz CT molecular complexity index is 538. The largest absolute Gasteiger partial charge is 0.412 e. The predicted molar refractivity (Wildman–Crippen MR) is 91.2 cm³/mol. The zero-order valence-electron chi connectivity index (χ0n) is 11.2. The maximum Gasteiger partial charge on any atom is 0.0787 e. The first-order valence-corrected chi connectivity index (χ1v) is 4.89. The van der Waals surface area contributed by atoms with Gasteiger partial charge in [0.15, 0.2) is 0 Å². The van der Waals surface area contributed by atoms with Crippen molar-refractivity contribution in [2.24, 2.45) is 0 Å². The van der Waals surface area contributed by atoms with E-state index >= 15 is 0 Å². The van der Waals surface area contributed by atoms with E-state index in [-0.39, 0.29) is 34.3 Å². The molecule has 0 atom stereocenters. The molecule has 0 unspecified atom stereocenters. The molecule has 0 saturated carbocycles. The highest BCUT2D eigenvalue weighted by Gasteiger charge is 2.07. The van der Waals surface area contributed by atoms with Crippen LogP contribution in [-0.2, 0) is 0 Å². The van der Waals surface area contributed by atoms with E-state index in [1.165, 1.54) is 0 Å². The van der Waals surface area contributed by atoms with Crippen LogP contribution in [0, 0.1) is 0 Å². The SMILES string of the molecule is Cl.Nc1ccc(-c2ccc(N)c(N)c2N)cc1.O.O.O.O. The second-order valence-corrected chi connectivity index (χ2v) is 3.65. The van der Waals surface area contributed by atoms with Gasteiger partial charge in [-0.1, -0.05) is 18.2 Å². The molecule has 8 nitrogen and oxygen atoms in total. The summed E-state index contributed by atoms with van der Waals surface area (Å²) in [5, 5.41) is 0. The van der Waals surface area contributed by atoms with Crippen molar-refractivity contribution in [3.05, 3.63) is 36.4 Å². The normalized spacial score (nSPS) is 7.81. The number of benzene rings is 2. The number of hydrogen-bond acceptors (Lipinski definition) is 4. The van der Waals surface area contributed by atoms with E-state index < -0.39 is 0 Å². The summed E-state index contributed by atoms with van der Waals surface area (Å²) in [5.41, 5.74) is 27.0. The number of halogens is 1. The third kappa shape index (κ3) is 5.34.